The second kappa shape index (κ2) is 12.3. The van der Waals surface area contributed by atoms with Crippen molar-refractivity contribution in [2.75, 3.05) is 6.61 Å². The van der Waals surface area contributed by atoms with Crippen molar-refractivity contribution >= 4 is 84.9 Å². The van der Waals surface area contributed by atoms with Gasteiger partial charge in [0.25, 0.3) is 11.8 Å². The van der Waals surface area contributed by atoms with E-state index in [-0.39, 0.29) is 11.1 Å². The summed E-state index contributed by atoms with van der Waals surface area (Å²) < 4.78 is 13.8. The fourth-order valence-corrected chi connectivity index (χ4v) is 5.18. The van der Waals surface area contributed by atoms with E-state index in [0.29, 0.717) is 40.2 Å². The Kier molecular flexibility index (Phi) is 9.10. The first-order valence-electron chi connectivity index (χ1n) is 10.8. The average Bonchev–Trinajstić information content (AvgIpc) is 3.18. The lowest BCUT2D eigenvalue weighted by molar-refractivity contribution is -0.115. The van der Waals surface area contributed by atoms with Gasteiger partial charge >= 0.3 is 0 Å². The summed E-state index contributed by atoms with van der Waals surface area (Å²) in [7, 11) is 0. The fraction of sp³-hybridized carbons (Fsp3) is 0.115. The molecule has 184 valence electrons. The number of amides is 2. The van der Waals surface area contributed by atoms with Crippen LogP contribution in [-0.4, -0.2) is 23.6 Å². The number of ether oxygens (including phenoxy) is 2. The first kappa shape index (κ1) is 26.7. The van der Waals surface area contributed by atoms with Crippen molar-refractivity contribution in [1.82, 2.24) is 5.32 Å². The van der Waals surface area contributed by atoms with E-state index in [9.17, 15) is 9.59 Å². The molecule has 1 saturated heterocycles. The van der Waals surface area contributed by atoms with Gasteiger partial charge in [-0.3, -0.25) is 9.59 Å². The molecule has 0 atom stereocenters. The predicted molar refractivity (Wildman–Crippen MR) is 156 cm³/mol. The van der Waals surface area contributed by atoms with Gasteiger partial charge < -0.3 is 14.8 Å². The van der Waals surface area contributed by atoms with Crippen molar-refractivity contribution in [1.29, 1.82) is 0 Å². The number of amidine groups is 1. The summed E-state index contributed by atoms with van der Waals surface area (Å²) in [6.07, 6.45) is 1.73. The number of hydrogen-bond acceptors (Lipinski definition) is 5. The summed E-state index contributed by atoms with van der Waals surface area (Å²) in [5, 5.41) is 3.39. The van der Waals surface area contributed by atoms with Crippen LogP contribution in [0.3, 0.4) is 0 Å². The highest BCUT2D eigenvalue weighted by Gasteiger charge is 2.25. The van der Waals surface area contributed by atoms with Crippen molar-refractivity contribution in [2.45, 2.75) is 13.5 Å². The zero-order chi connectivity index (χ0) is 25.7. The minimum Gasteiger partial charge on any atom is -0.490 e. The van der Waals surface area contributed by atoms with E-state index in [1.54, 1.807) is 30.3 Å². The molecule has 0 radical (unpaired) electrons. The maximum atomic E-state index is 12.5. The topological polar surface area (TPSA) is 77.0 Å². The molecular weight excluding hydrogens is 679 g/mol. The van der Waals surface area contributed by atoms with Crippen LogP contribution < -0.4 is 14.8 Å². The molecule has 4 rings (SSSR count). The number of rotatable bonds is 7. The van der Waals surface area contributed by atoms with Crippen molar-refractivity contribution in [3.8, 4) is 11.5 Å². The summed E-state index contributed by atoms with van der Waals surface area (Å²) in [5.41, 5.74) is 2.18. The molecule has 36 heavy (non-hydrogen) atoms. The third kappa shape index (κ3) is 6.90. The standard InChI is InChI=1S/C26H19BrClIN2O4S/c1-2-34-21-12-16(11-20(29)23(21)35-14-15-3-7-18(27)8-4-15)13-22-25(33)31-26(36-22)30-24(32)17-5-9-19(28)10-6-17/h3-13H,2,14H2,1H3,(H,30,31,32,33)/b22-13-. The molecule has 1 aliphatic heterocycles. The molecule has 1 N–H and O–H groups in total. The van der Waals surface area contributed by atoms with Gasteiger partial charge in [-0.15, -0.1) is 0 Å². The quantitative estimate of drug-likeness (QED) is 0.211. The molecule has 1 aliphatic rings. The van der Waals surface area contributed by atoms with Crippen molar-refractivity contribution < 1.29 is 19.1 Å². The Morgan fingerprint density at radius 2 is 1.86 bits per heavy atom. The van der Waals surface area contributed by atoms with Crippen molar-refractivity contribution in [3.63, 3.8) is 0 Å². The molecule has 2 amide bonds. The van der Waals surface area contributed by atoms with E-state index in [1.807, 2.05) is 43.3 Å². The number of halogens is 3. The lowest BCUT2D eigenvalue weighted by Crippen LogP contribution is -2.20. The monoisotopic (exact) mass is 696 g/mol. The Hall–Kier alpha value is -2.34. The van der Waals surface area contributed by atoms with Gasteiger partial charge in [-0.1, -0.05) is 39.7 Å². The maximum Gasteiger partial charge on any atom is 0.279 e. The smallest absolute Gasteiger partial charge is 0.279 e. The van der Waals surface area contributed by atoms with Crippen LogP contribution >= 0.6 is 61.9 Å². The third-order valence-corrected chi connectivity index (χ3v) is 7.36. The van der Waals surface area contributed by atoms with Crippen LogP contribution in [0, 0.1) is 3.57 Å². The summed E-state index contributed by atoms with van der Waals surface area (Å²) >= 11 is 12.6. The highest BCUT2D eigenvalue weighted by atomic mass is 127. The summed E-state index contributed by atoms with van der Waals surface area (Å²) in [6.45, 7) is 2.75. The molecule has 0 spiro atoms. The zero-order valence-electron chi connectivity index (χ0n) is 18.9. The van der Waals surface area contributed by atoms with Crippen molar-refractivity contribution in [2.24, 2.45) is 4.99 Å². The van der Waals surface area contributed by atoms with Gasteiger partial charge in [0.15, 0.2) is 16.7 Å². The Bertz CT molecular complexity index is 1360. The van der Waals surface area contributed by atoms with Gasteiger partial charge in [-0.2, -0.15) is 4.99 Å². The van der Waals surface area contributed by atoms with Gasteiger partial charge in [-0.25, -0.2) is 0 Å². The fourth-order valence-electron chi connectivity index (χ4n) is 3.19. The molecule has 0 aliphatic carbocycles. The second-order valence-electron chi connectivity index (χ2n) is 7.47. The molecule has 1 fully saturated rings. The number of carbonyl (C=O) groups is 2. The van der Waals surface area contributed by atoms with Crippen LogP contribution in [0.5, 0.6) is 11.5 Å². The SMILES string of the molecule is CCOc1cc(/C=C2\SC(=NC(=O)c3ccc(Cl)cc3)NC2=O)cc(I)c1OCc1ccc(Br)cc1. The number of hydrogen-bond donors (Lipinski definition) is 1. The van der Waals surface area contributed by atoms with E-state index in [1.165, 1.54) is 0 Å². The molecule has 0 saturated carbocycles. The normalized spacial score (nSPS) is 15.3. The lowest BCUT2D eigenvalue weighted by Gasteiger charge is -2.15. The Morgan fingerprint density at radius 1 is 1.14 bits per heavy atom. The number of benzene rings is 3. The first-order chi connectivity index (χ1) is 17.3. The first-order valence-corrected chi connectivity index (χ1v) is 13.8. The van der Waals surface area contributed by atoms with Crippen LogP contribution in [0.15, 0.2) is 75.0 Å². The molecule has 1 heterocycles. The number of carbonyl (C=O) groups excluding carboxylic acids is 2. The number of nitrogens with zero attached hydrogens (tertiary/aromatic N) is 1. The molecule has 10 heteroatoms. The van der Waals surface area contributed by atoms with E-state index in [4.69, 9.17) is 21.1 Å². The van der Waals surface area contributed by atoms with Gasteiger partial charge in [-0.05, 0) is 107 Å². The van der Waals surface area contributed by atoms with Crippen molar-refractivity contribution in [3.05, 3.63) is 95.3 Å². The minimum atomic E-state index is -0.462. The zero-order valence-corrected chi connectivity index (χ0v) is 24.2. The molecule has 6 nitrogen and oxygen atoms in total. The number of thioether (sulfide) groups is 1. The van der Waals surface area contributed by atoms with E-state index in [2.05, 4.69) is 48.8 Å². The van der Waals surface area contributed by atoms with Gasteiger partial charge in [0.2, 0.25) is 0 Å². The lowest BCUT2D eigenvalue weighted by atomic mass is 10.2. The molecule has 0 bridgehead atoms. The van der Waals surface area contributed by atoms with E-state index in [0.717, 1.165) is 30.9 Å². The van der Waals surface area contributed by atoms with Crippen LogP contribution in [0.4, 0.5) is 0 Å². The molecule has 3 aromatic carbocycles. The van der Waals surface area contributed by atoms with Gasteiger partial charge in [0.05, 0.1) is 15.1 Å². The van der Waals surface area contributed by atoms with Gasteiger partial charge in [0.1, 0.15) is 6.61 Å². The van der Waals surface area contributed by atoms with E-state index >= 15 is 0 Å². The summed E-state index contributed by atoms with van der Waals surface area (Å²) in [5.74, 6) is 0.438. The Morgan fingerprint density at radius 3 is 2.56 bits per heavy atom. The largest absolute Gasteiger partial charge is 0.490 e. The van der Waals surface area contributed by atoms with Gasteiger partial charge in [0, 0.05) is 15.1 Å². The predicted octanol–water partition coefficient (Wildman–Crippen LogP) is 7.09. The highest BCUT2D eigenvalue weighted by Crippen LogP contribution is 2.37. The van der Waals surface area contributed by atoms with Crippen LogP contribution in [0.25, 0.3) is 6.08 Å². The summed E-state index contributed by atoms with van der Waals surface area (Å²) in [4.78, 5) is 29.4. The number of nitrogens with one attached hydrogen (secondary N) is 1. The molecule has 0 aromatic heterocycles. The van der Waals surface area contributed by atoms with E-state index < -0.39 is 5.91 Å². The Labute approximate surface area is 239 Å². The molecule has 0 unspecified atom stereocenters. The minimum absolute atomic E-state index is 0.223. The van der Waals surface area contributed by atoms with Crippen LogP contribution in [0.1, 0.15) is 28.4 Å². The average molecular weight is 698 g/mol. The third-order valence-electron chi connectivity index (χ3n) is 4.87. The second-order valence-corrected chi connectivity index (χ2v) is 11.0. The molecule has 3 aromatic rings. The Balaban J connectivity index is 1.53. The number of aliphatic imine (C=N–C) groups is 1. The van der Waals surface area contributed by atoms with Crippen LogP contribution in [0.2, 0.25) is 5.02 Å². The molecular formula is C26H19BrClIN2O4S. The highest BCUT2D eigenvalue weighted by molar-refractivity contribution is 14.1. The van der Waals surface area contributed by atoms with Crippen LogP contribution in [-0.2, 0) is 11.4 Å². The maximum absolute atomic E-state index is 12.5. The summed E-state index contributed by atoms with van der Waals surface area (Å²) in [6, 6.07) is 18.1.